The molecule has 0 amide bonds. The summed E-state index contributed by atoms with van der Waals surface area (Å²) in [5.74, 6) is -0.0398. The second-order valence-electron chi connectivity index (χ2n) is 7.64. The maximum absolute atomic E-state index is 11.7. The molecule has 0 bridgehead atoms. The molecular formula is C25H42O6Si. The minimum absolute atomic E-state index is 0.436. The van der Waals surface area contributed by atoms with E-state index >= 15 is 0 Å². The molecule has 0 heterocycles. The van der Waals surface area contributed by atoms with Gasteiger partial charge in [0, 0.05) is 31.4 Å². The molecule has 0 saturated carbocycles. The van der Waals surface area contributed by atoms with Crippen LogP contribution < -0.4 is 4.74 Å². The van der Waals surface area contributed by atoms with Crippen molar-refractivity contribution in [3.8, 4) is 5.75 Å². The normalized spacial score (nSPS) is 12.2. The topological polar surface area (TPSA) is 74.2 Å². The monoisotopic (exact) mass is 466 g/mol. The van der Waals surface area contributed by atoms with Crippen LogP contribution in [0.2, 0.25) is 6.04 Å². The van der Waals surface area contributed by atoms with Crippen LogP contribution >= 0.6 is 0 Å². The lowest BCUT2D eigenvalue weighted by molar-refractivity contribution is -0.132. The average molecular weight is 467 g/mol. The van der Waals surface area contributed by atoms with Crippen molar-refractivity contribution < 1.29 is 27.9 Å². The third-order valence-corrected chi connectivity index (χ3v) is 8.19. The molecule has 0 aliphatic rings. The van der Waals surface area contributed by atoms with Gasteiger partial charge in [0.2, 0.25) is 0 Å². The number of unbranched alkanes of at least 4 members (excludes halogenated alkanes) is 4. The molecule has 0 aromatic heterocycles. The molecule has 0 spiro atoms. The van der Waals surface area contributed by atoms with Crippen molar-refractivity contribution in [2.24, 2.45) is 0 Å². The van der Waals surface area contributed by atoms with E-state index < -0.39 is 14.8 Å². The van der Waals surface area contributed by atoms with E-state index in [4.69, 9.17) is 18.0 Å². The van der Waals surface area contributed by atoms with Gasteiger partial charge in [0.25, 0.3) is 0 Å². The number of ether oxygens (including phenoxy) is 1. The van der Waals surface area contributed by atoms with Crippen LogP contribution in [0.1, 0.15) is 78.2 Å². The van der Waals surface area contributed by atoms with Crippen molar-refractivity contribution in [1.29, 1.82) is 0 Å². The number of rotatable bonds is 19. The lowest BCUT2D eigenvalue weighted by atomic mass is 10.0. The second-order valence-corrected chi connectivity index (χ2v) is 10.4. The molecule has 1 N–H and O–H groups in total. The third kappa shape index (κ3) is 11.3. The lowest BCUT2D eigenvalue weighted by Gasteiger charge is -2.28. The van der Waals surface area contributed by atoms with E-state index in [1.165, 1.54) is 0 Å². The van der Waals surface area contributed by atoms with Crippen molar-refractivity contribution in [2.45, 2.75) is 78.7 Å². The van der Waals surface area contributed by atoms with Gasteiger partial charge in [-0.15, -0.1) is 0 Å². The first kappa shape index (κ1) is 28.4. The predicted octanol–water partition coefficient (Wildman–Crippen LogP) is 6.33. The highest BCUT2D eigenvalue weighted by molar-refractivity contribution is 6.60. The molecule has 0 atom stereocenters. The predicted molar refractivity (Wildman–Crippen MR) is 131 cm³/mol. The Morgan fingerprint density at radius 3 is 2.00 bits per heavy atom. The molecule has 1 aromatic rings. The van der Waals surface area contributed by atoms with Gasteiger partial charge in [-0.1, -0.05) is 38.3 Å². The summed E-state index contributed by atoms with van der Waals surface area (Å²) in [5, 5.41) is 9.58. The van der Waals surface area contributed by atoms with E-state index in [1.807, 2.05) is 45.0 Å². The van der Waals surface area contributed by atoms with Crippen molar-refractivity contribution in [3.63, 3.8) is 0 Å². The van der Waals surface area contributed by atoms with Crippen LogP contribution in [0.3, 0.4) is 0 Å². The zero-order valence-corrected chi connectivity index (χ0v) is 21.4. The highest BCUT2D eigenvalue weighted by Gasteiger charge is 2.39. The first-order valence-electron chi connectivity index (χ1n) is 12.1. The van der Waals surface area contributed by atoms with Gasteiger partial charge in [0.05, 0.1) is 6.61 Å². The summed E-state index contributed by atoms with van der Waals surface area (Å²) in [6.07, 6.45) is 8.18. The van der Waals surface area contributed by atoms with E-state index in [0.717, 1.165) is 55.9 Å². The fourth-order valence-corrected chi connectivity index (χ4v) is 6.13. The highest BCUT2D eigenvalue weighted by atomic mass is 28.4. The van der Waals surface area contributed by atoms with Crippen molar-refractivity contribution in [1.82, 2.24) is 0 Å². The molecule has 0 saturated heterocycles. The van der Waals surface area contributed by atoms with Gasteiger partial charge in [0.1, 0.15) is 5.75 Å². The Hall–Kier alpha value is -1.67. The zero-order valence-electron chi connectivity index (χ0n) is 20.4. The fourth-order valence-electron chi connectivity index (χ4n) is 3.45. The van der Waals surface area contributed by atoms with E-state index in [0.29, 0.717) is 38.4 Å². The van der Waals surface area contributed by atoms with Crippen LogP contribution in [0.5, 0.6) is 5.75 Å². The Morgan fingerprint density at radius 1 is 0.875 bits per heavy atom. The maximum atomic E-state index is 11.7. The number of hydrogen-bond donors (Lipinski definition) is 1. The van der Waals surface area contributed by atoms with Crippen molar-refractivity contribution in [3.05, 3.63) is 35.4 Å². The summed E-state index contributed by atoms with van der Waals surface area (Å²) in [4.78, 5) is 11.7. The summed E-state index contributed by atoms with van der Waals surface area (Å²) >= 11 is 0. The Kier molecular flexibility index (Phi) is 15.0. The number of aliphatic carboxylic acids is 1. The second kappa shape index (κ2) is 16.9. The number of carboxylic acids is 1. The molecule has 1 aromatic carbocycles. The molecule has 0 aliphatic heterocycles. The third-order valence-electron chi connectivity index (χ3n) is 5.03. The average Bonchev–Trinajstić information content (AvgIpc) is 2.77. The molecule has 32 heavy (non-hydrogen) atoms. The van der Waals surface area contributed by atoms with Crippen LogP contribution in [0.25, 0.3) is 6.08 Å². The summed E-state index contributed by atoms with van der Waals surface area (Å²) in [6, 6.07) is 8.41. The Balaban J connectivity index is 2.49. The van der Waals surface area contributed by atoms with Crippen LogP contribution in [-0.4, -0.2) is 46.3 Å². The highest BCUT2D eigenvalue weighted by Crippen LogP contribution is 2.22. The van der Waals surface area contributed by atoms with Crippen LogP contribution in [0, 0.1) is 0 Å². The zero-order chi connectivity index (χ0) is 23.7. The first-order chi connectivity index (χ1) is 15.5. The van der Waals surface area contributed by atoms with Gasteiger partial charge < -0.3 is 23.1 Å². The molecule has 0 unspecified atom stereocenters. The number of benzene rings is 1. The molecular weight excluding hydrogens is 424 g/mol. The number of carboxylic acid groups (broad SMARTS) is 1. The van der Waals surface area contributed by atoms with E-state index in [2.05, 4.69) is 6.92 Å². The summed E-state index contributed by atoms with van der Waals surface area (Å²) in [6.45, 7) is 10.5. The molecule has 0 radical (unpaired) electrons. The molecule has 6 nitrogen and oxygen atoms in total. The van der Waals surface area contributed by atoms with Crippen molar-refractivity contribution >= 4 is 20.8 Å². The summed E-state index contributed by atoms with van der Waals surface area (Å²) in [5.41, 5.74) is 1.32. The smallest absolute Gasteiger partial charge is 0.494 e. The SMILES string of the molecule is CCCCOc1ccc(/C=C(\CCCCCC[Si](OCC)(OCC)OCC)C(=O)O)cc1. The number of hydrogen-bond acceptors (Lipinski definition) is 5. The van der Waals surface area contributed by atoms with Gasteiger partial charge in [-0.05, 0) is 70.2 Å². The summed E-state index contributed by atoms with van der Waals surface area (Å²) < 4.78 is 23.3. The Morgan fingerprint density at radius 2 is 1.47 bits per heavy atom. The fraction of sp³-hybridized carbons (Fsp3) is 0.640. The van der Waals surface area contributed by atoms with Gasteiger partial charge in [-0.3, -0.25) is 0 Å². The largest absolute Gasteiger partial charge is 0.500 e. The summed E-state index contributed by atoms with van der Waals surface area (Å²) in [7, 11) is -2.58. The van der Waals surface area contributed by atoms with Gasteiger partial charge >= 0.3 is 14.8 Å². The molecule has 7 heteroatoms. The number of carbonyl (C=O) groups is 1. The van der Waals surface area contributed by atoms with Gasteiger partial charge in [-0.2, -0.15) is 0 Å². The molecule has 0 aliphatic carbocycles. The van der Waals surface area contributed by atoms with Crippen LogP contribution in [0.15, 0.2) is 29.8 Å². The van der Waals surface area contributed by atoms with Gasteiger partial charge in [0.15, 0.2) is 0 Å². The molecule has 1 rings (SSSR count). The van der Waals surface area contributed by atoms with Crippen LogP contribution in [-0.2, 0) is 18.1 Å². The molecule has 182 valence electrons. The molecule has 0 fully saturated rings. The minimum atomic E-state index is -2.58. The quantitative estimate of drug-likeness (QED) is 0.146. The first-order valence-corrected chi connectivity index (χ1v) is 14.0. The van der Waals surface area contributed by atoms with Crippen molar-refractivity contribution in [2.75, 3.05) is 26.4 Å². The standard InChI is InChI=1S/C25H42O6Si/c1-5-9-19-28-24-17-15-22(16-18-24)21-23(25(26)27)14-12-10-11-13-20-32(29-6-2,30-7-3)31-8-4/h15-18,21H,5-14,19-20H2,1-4H3,(H,26,27)/b23-21+. The van der Waals surface area contributed by atoms with E-state index in [-0.39, 0.29) is 0 Å². The Bertz CT molecular complexity index is 642. The Labute approximate surface area is 195 Å². The van der Waals surface area contributed by atoms with Crippen LogP contribution in [0.4, 0.5) is 0 Å². The minimum Gasteiger partial charge on any atom is -0.494 e. The van der Waals surface area contributed by atoms with Gasteiger partial charge in [-0.25, -0.2) is 4.79 Å². The maximum Gasteiger partial charge on any atom is 0.500 e. The van der Waals surface area contributed by atoms with E-state index in [9.17, 15) is 9.90 Å². The van der Waals surface area contributed by atoms with E-state index in [1.54, 1.807) is 6.08 Å². The lowest BCUT2D eigenvalue weighted by Crippen LogP contribution is -2.45.